The molecule has 0 bridgehead atoms. The lowest BCUT2D eigenvalue weighted by atomic mass is 10.0. The molecule has 0 unspecified atom stereocenters. The number of ether oxygens (including phenoxy) is 1. The Labute approximate surface area is 182 Å². The molecule has 0 fully saturated rings. The van der Waals surface area contributed by atoms with Crippen LogP contribution in [0.3, 0.4) is 0 Å². The third-order valence-corrected chi connectivity index (χ3v) is 5.02. The molecule has 30 heavy (non-hydrogen) atoms. The first-order valence-electron chi connectivity index (χ1n) is 9.77. The van der Waals surface area contributed by atoms with Crippen LogP contribution in [0, 0.1) is 0 Å². The molecule has 0 saturated carbocycles. The van der Waals surface area contributed by atoms with Gasteiger partial charge < -0.3 is 19.7 Å². The number of aliphatic hydroxyl groups excluding tert-OH is 1. The Kier molecular flexibility index (Phi) is 7.46. The molecule has 4 rings (SSSR count). The number of hydrogen-bond acceptors (Lipinski definition) is 4. The van der Waals surface area contributed by atoms with Gasteiger partial charge in [0.15, 0.2) is 0 Å². The van der Waals surface area contributed by atoms with Gasteiger partial charge in [-0.15, -0.1) is 12.4 Å². The largest absolute Gasteiger partial charge is 0.487 e. The summed E-state index contributed by atoms with van der Waals surface area (Å²) in [5.74, 6) is 0.799. The van der Waals surface area contributed by atoms with Crippen LogP contribution >= 0.6 is 12.4 Å². The molecule has 2 atom stereocenters. The quantitative estimate of drug-likeness (QED) is 0.445. The summed E-state index contributed by atoms with van der Waals surface area (Å²) in [6.45, 7) is 0.936. The standard InChI is InChI=1S/C24H25N3O2.ClH/c1-25-16-23(28)24(18-7-3-2-4-8-18)27-14-12-19-15-21(10-11-22(19)27)29-17-20-9-5-6-13-26-20;/h2-15,23-25,28H,16-17H2,1H3;1H/t23-,24+;/m1./s1. The van der Waals surface area contributed by atoms with Crippen LogP contribution < -0.4 is 10.1 Å². The van der Waals surface area contributed by atoms with Crippen molar-refractivity contribution in [1.29, 1.82) is 0 Å². The van der Waals surface area contributed by atoms with Crippen molar-refractivity contribution in [3.05, 3.63) is 96.4 Å². The molecule has 0 aliphatic heterocycles. The Balaban J connectivity index is 0.00000256. The fourth-order valence-corrected chi connectivity index (χ4v) is 3.65. The van der Waals surface area contributed by atoms with E-state index in [2.05, 4.69) is 33.1 Å². The highest BCUT2D eigenvalue weighted by Gasteiger charge is 2.23. The molecule has 2 heterocycles. The van der Waals surface area contributed by atoms with E-state index >= 15 is 0 Å². The molecule has 0 saturated heterocycles. The SMILES string of the molecule is CNC[C@@H](O)[C@H](c1ccccc1)n1ccc2cc(OCc3ccccn3)ccc21.Cl. The van der Waals surface area contributed by atoms with E-state index in [-0.39, 0.29) is 18.4 Å². The number of halogens is 1. The van der Waals surface area contributed by atoms with Crippen molar-refractivity contribution in [3.63, 3.8) is 0 Å². The molecule has 6 heteroatoms. The highest BCUT2D eigenvalue weighted by molar-refractivity contribution is 5.85. The van der Waals surface area contributed by atoms with Crippen LogP contribution in [0.5, 0.6) is 5.75 Å². The molecule has 5 nitrogen and oxygen atoms in total. The van der Waals surface area contributed by atoms with E-state index in [1.807, 2.05) is 67.8 Å². The van der Waals surface area contributed by atoms with Crippen LogP contribution in [0.15, 0.2) is 85.2 Å². The fraction of sp³-hybridized carbons (Fsp3) is 0.208. The van der Waals surface area contributed by atoms with Crippen LogP contribution in [0.2, 0.25) is 0 Å². The summed E-state index contributed by atoms with van der Waals surface area (Å²) in [6, 6.07) is 23.8. The van der Waals surface area contributed by atoms with E-state index in [9.17, 15) is 5.11 Å². The molecule has 2 aromatic carbocycles. The second-order valence-corrected chi connectivity index (χ2v) is 7.03. The fourth-order valence-electron chi connectivity index (χ4n) is 3.65. The average molecular weight is 424 g/mol. The van der Waals surface area contributed by atoms with Crippen molar-refractivity contribution >= 4 is 23.3 Å². The highest BCUT2D eigenvalue weighted by atomic mass is 35.5. The Bertz CT molecular complexity index is 1050. The van der Waals surface area contributed by atoms with Crippen LogP contribution in [0.25, 0.3) is 10.9 Å². The molecule has 2 aromatic heterocycles. The maximum absolute atomic E-state index is 10.8. The molecular formula is C24H26ClN3O2. The minimum absolute atomic E-state index is 0. The van der Waals surface area contributed by atoms with Crippen molar-refractivity contribution in [1.82, 2.24) is 14.9 Å². The smallest absolute Gasteiger partial charge is 0.130 e. The molecule has 0 radical (unpaired) electrons. The van der Waals surface area contributed by atoms with Crippen LogP contribution in [-0.2, 0) is 6.61 Å². The van der Waals surface area contributed by atoms with E-state index in [4.69, 9.17) is 4.74 Å². The second kappa shape index (κ2) is 10.3. The molecule has 156 valence electrons. The number of nitrogens with one attached hydrogen (secondary N) is 1. The first kappa shape index (κ1) is 21.8. The number of aromatic nitrogens is 2. The minimum atomic E-state index is -0.557. The Morgan fingerprint density at radius 2 is 1.83 bits per heavy atom. The van der Waals surface area contributed by atoms with Crippen LogP contribution in [0.1, 0.15) is 17.3 Å². The Morgan fingerprint density at radius 3 is 2.57 bits per heavy atom. The maximum atomic E-state index is 10.8. The van der Waals surface area contributed by atoms with E-state index in [1.165, 1.54) is 0 Å². The summed E-state index contributed by atoms with van der Waals surface area (Å²) in [7, 11) is 1.85. The Hall–Kier alpha value is -2.86. The number of fused-ring (bicyclic) bond motifs is 1. The molecule has 0 aliphatic rings. The van der Waals surface area contributed by atoms with E-state index in [0.717, 1.165) is 27.9 Å². The number of aliphatic hydroxyl groups is 1. The minimum Gasteiger partial charge on any atom is -0.487 e. The molecular weight excluding hydrogens is 398 g/mol. The zero-order valence-electron chi connectivity index (χ0n) is 16.8. The number of hydrogen-bond donors (Lipinski definition) is 2. The lowest BCUT2D eigenvalue weighted by Gasteiger charge is -2.26. The van der Waals surface area contributed by atoms with Gasteiger partial charge in [-0.3, -0.25) is 4.98 Å². The number of rotatable bonds is 8. The average Bonchev–Trinajstić information content (AvgIpc) is 3.17. The number of likely N-dealkylation sites (N-methyl/N-ethyl adjacent to an activating group) is 1. The van der Waals surface area contributed by atoms with Gasteiger partial charge in [-0.2, -0.15) is 0 Å². The number of benzene rings is 2. The van der Waals surface area contributed by atoms with Gasteiger partial charge in [-0.1, -0.05) is 36.4 Å². The number of pyridine rings is 1. The van der Waals surface area contributed by atoms with E-state index in [1.54, 1.807) is 6.20 Å². The topological polar surface area (TPSA) is 59.3 Å². The third kappa shape index (κ3) is 4.82. The lowest BCUT2D eigenvalue weighted by Crippen LogP contribution is -2.33. The molecule has 0 amide bonds. The van der Waals surface area contributed by atoms with Crippen molar-refractivity contribution in [3.8, 4) is 5.75 Å². The van der Waals surface area contributed by atoms with E-state index in [0.29, 0.717) is 13.2 Å². The summed E-state index contributed by atoms with van der Waals surface area (Å²) in [4.78, 5) is 4.29. The van der Waals surface area contributed by atoms with Gasteiger partial charge in [0.2, 0.25) is 0 Å². The van der Waals surface area contributed by atoms with Gasteiger partial charge >= 0.3 is 0 Å². The molecule has 2 N–H and O–H groups in total. The normalized spacial score (nSPS) is 12.9. The van der Waals surface area contributed by atoms with Crippen LogP contribution in [-0.4, -0.2) is 34.4 Å². The third-order valence-electron chi connectivity index (χ3n) is 5.02. The van der Waals surface area contributed by atoms with Gasteiger partial charge in [0.1, 0.15) is 12.4 Å². The number of nitrogens with zero attached hydrogens (tertiary/aromatic N) is 2. The zero-order valence-corrected chi connectivity index (χ0v) is 17.6. The highest BCUT2D eigenvalue weighted by Crippen LogP contribution is 2.30. The summed E-state index contributed by atoms with van der Waals surface area (Å²) in [5, 5.41) is 15.0. The summed E-state index contributed by atoms with van der Waals surface area (Å²) in [5.41, 5.74) is 3.02. The zero-order chi connectivity index (χ0) is 20.1. The van der Waals surface area contributed by atoms with Crippen molar-refractivity contribution in [2.24, 2.45) is 0 Å². The van der Waals surface area contributed by atoms with Gasteiger partial charge in [0, 0.05) is 29.8 Å². The Morgan fingerprint density at radius 1 is 1.03 bits per heavy atom. The predicted molar refractivity (Wildman–Crippen MR) is 122 cm³/mol. The first-order chi connectivity index (χ1) is 14.3. The van der Waals surface area contributed by atoms with Crippen molar-refractivity contribution in [2.75, 3.05) is 13.6 Å². The summed E-state index contributed by atoms with van der Waals surface area (Å²) >= 11 is 0. The predicted octanol–water partition coefficient (Wildman–Crippen LogP) is 4.21. The summed E-state index contributed by atoms with van der Waals surface area (Å²) < 4.78 is 8.04. The molecule has 0 spiro atoms. The summed E-state index contributed by atoms with van der Waals surface area (Å²) in [6.07, 6.45) is 3.24. The van der Waals surface area contributed by atoms with Gasteiger partial charge in [0.05, 0.1) is 17.8 Å². The maximum Gasteiger partial charge on any atom is 0.130 e. The monoisotopic (exact) mass is 423 g/mol. The van der Waals surface area contributed by atoms with Gasteiger partial charge in [-0.25, -0.2) is 0 Å². The van der Waals surface area contributed by atoms with Crippen molar-refractivity contribution in [2.45, 2.75) is 18.8 Å². The molecule has 4 aromatic rings. The van der Waals surface area contributed by atoms with Gasteiger partial charge in [0.25, 0.3) is 0 Å². The lowest BCUT2D eigenvalue weighted by molar-refractivity contribution is 0.132. The van der Waals surface area contributed by atoms with E-state index < -0.39 is 6.10 Å². The molecule has 0 aliphatic carbocycles. The van der Waals surface area contributed by atoms with Gasteiger partial charge in [-0.05, 0) is 49.0 Å². The van der Waals surface area contributed by atoms with Crippen molar-refractivity contribution < 1.29 is 9.84 Å². The first-order valence-corrected chi connectivity index (χ1v) is 9.77. The second-order valence-electron chi connectivity index (χ2n) is 7.03. The van der Waals surface area contributed by atoms with Crippen LogP contribution in [0.4, 0.5) is 0 Å².